The van der Waals surface area contributed by atoms with Gasteiger partial charge < -0.3 is 10.2 Å². The van der Waals surface area contributed by atoms with E-state index in [-0.39, 0.29) is 0 Å². The van der Waals surface area contributed by atoms with Crippen LogP contribution in [0.2, 0.25) is 0 Å². The van der Waals surface area contributed by atoms with Gasteiger partial charge in [0.15, 0.2) is 0 Å². The Labute approximate surface area is 207 Å². The third-order valence-electron chi connectivity index (χ3n) is 6.50. The van der Waals surface area contributed by atoms with Gasteiger partial charge in [0.05, 0.1) is 0 Å². The van der Waals surface area contributed by atoms with Crippen molar-refractivity contribution in [2.24, 2.45) is 0 Å². The second kappa shape index (κ2) is 16.9. The van der Waals surface area contributed by atoms with Gasteiger partial charge in [0.2, 0.25) is 0 Å². The molecule has 0 saturated carbocycles. The van der Waals surface area contributed by atoms with E-state index < -0.39 is 0 Å². The van der Waals surface area contributed by atoms with Crippen molar-refractivity contribution in [1.29, 1.82) is 0 Å². The van der Waals surface area contributed by atoms with Crippen molar-refractivity contribution in [3.63, 3.8) is 0 Å². The van der Waals surface area contributed by atoms with E-state index in [0.717, 1.165) is 46.6 Å². The highest BCUT2D eigenvalue weighted by Gasteiger charge is 2.13. The third kappa shape index (κ3) is 10.5. The topological polar surface area (TPSA) is 40.5 Å². The molecule has 0 aliphatic heterocycles. The first-order valence-corrected chi connectivity index (χ1v) is 14.3. The quantitative estimate of drug-likeness (QED) is 0.213. The molecule has 0 saturated heterocycles. The van der Waals surface area contributed by atoms with Gasteiger partial charge in [0.25, 0.3) is 0 Å². The summed E-state index contributed by atoms with van der Waals surface area (Å²) in [7, 11) is 0. The van der Waals surface area contributed by atoms with Gasteiger partial charge in [-0.3, -0.25) is 0 Å². The number of hydrogen-bond donors (Lipinski definition) is 2. The van der Waals surface area contributed by atoms with Crippen LogP contribution in [-0.2, 0) is 12.8 Å². The molecule has 0 amide bonds. The summed E-state index contributed by atoms with van der Waals surface area (Å²) in [5.74, 6) is 0.805. The van der Waals surface area contributed by atoms with Crippen LogP contribution in [0.3, 0.4) is 0 Å². The van der Waals surface area contributed by atoms with E-state index in [9.17, 15) is 10.2 Å². The molecule has 0 aromatic heterocycles. The molecule has 2 aromatic rings. The fourth-order valence-electron chi connectivity index (χ4n) is 4.44. The van der Waals surface area contributed by atoms with E-state index in [1.807, 2.05) is 24.3 Å². The average molecular weight is 471 g/mol. The van der Waals surface area contributed by atoms with Crippen LogP contribution in [0.15, 0.2) is 46.2 Å². The predicted octanol–water partition coefficient (Wildman–Crippen LogP) is 9.84. The molecule has 0 aliphatic rings. The van der Waals surface area contributed by atoms with E-state index in [2.05, 4.69) is 26.0 Å². The summed E-state index contributed by atoms with van der Waals surface area (Å²) in [6.07, 6.45) is 19.6. The number of aromatic hydroxyl groups is 2. The molecule has 0 bridgehead atoms. The summed E-state index contributed by atoms with van der Waals surface area (Å²) in [6, 6.07) is 11.7. The summed E-state index contributed by atoms with van der Waals surface area (Å²) >= 11 is 1.70. The maximum atomic E-state index is 10.6. The Morgan fingerprint density at radius 1 is 0.515 bits per heavy atom. The number of hydrogen-bond acceptors (Lipinski definition) is 3. The number of benzene rings is 2. The lowest BCUT2D eigenvalue weighted by atomic mass is 10.0. The van der Waals surface area contributed by atoms with Crippen LogP contribution in [0.25, 0.3) is 0 Å². The van der Waals surface area contributed by atoms with E-state index in [1.165, 1.54) is 77.0 Å². The Balaban J connectivity index is 1.95. The minimum atomic E-state index is 0.403. The highest BCUT2D eigenvalue weighted by molar-refractivity contribution is 7.99. The van der Waals surface area contributed by atoms with Crippen LogP contribution in [-0.4, -0.2) is 10.2 Å². The molecule has 0 radical (unpaired) electrons. The summed E-state index contributed by atoms with van der Waals surface area (Å²) < 4.78 is 0. The van der Waals surface area contributed by atoms with Gasteiger partial charge in [-0.2, -0.15) is 0 Å². The first kappa shape index (κ1) is 27.6. The van der Waals surface area contributed by atoms with Crippen molar-refractivity contribution in [2.75, 3.05) is 0 Å². The summed E-state index contributed by atoms with van der Waals surface area (Å²) in [6.45, 7) is 4.51. The van der Waals surface area contributed by atoms with Gasteiger partial charge in [-0.1, -0.05) is 115 Å². The fraction of sp³-hybridized carbons (Fsp3) is 0.600. The molecule has 3 heteroatoms. The van der Waals surface area contributed by atoms with Crippen LogP contribution in [0.5, 0.6) is 11.5 Å². The van der Waals surface area contributed by atoms with Gasteiger partial charge in [0.1, 0.15) is 11.5 Å². The molecule has 0 heterocycles. The average Bonchev–Trinajstić information content (AvgIpc) is 2.81. The highest BCUT2D eigenvalue weighted by atomic mass is 32.2. The molecular weight excluding hydrogens is 424 g/mol. The largest absolute Gasteiger partial charge is 0.508 e. The maximum absolute atomic E-state index is 10.6. The molecule has 2 aromatic carbocycles. The van der Waals surface area contributed by atoms with Crippen molar-refractivity contribution in [3.05, 3.63) is 47.5 Å². The van der Waals surface area contributed by atoms with Crippen molar-refractivity contribution in [1.82, 2.24) is 0 Å². The summed E-state index contributed by atoms with van der Waals surface area (Å²) in [5, 5.41) is 21.1. The van der Waals surface area contributed by atoms with Crippen molar-refractivity contribution >= 4 is 11.8 Å². The monoisotopic (exact) mass is 470 g/mol. The molecule has 0 aliphatic carbocycles. The second-order valence-corrected chi connectivity index (χ2v) is 10.4. The first-order chi connectivity index (χ1) is 16.2. The molecule has 2 rings (SSSR count). The van der Waals surface area contributed by atoms with Crippen LogP contribution in [0.4, 0.5) is 0 Å². The molecule has 0 fully saturated rings. The number of phenolic OH excluding ortho intramolecular Hbond substituents is 2. The number of phenols is 2. The fourth-order valence-corrected chi connectivity index (χ4v) is 5.63. The maximum Gasteiger partial charge on any atom is 0.119 e. The van der Waals surface area contributed by atoms with Gasteiger partial charge in [-0.25, -0.2) is 0 Å². The lowest BCUT2D eigenvalue weighted by molar-refractivity contribution is 0.463. The van der Waals surface area contributed by atoms with Crippen LogP contribution >= 0.6 is 11.8 Å². The van der Waals surface area contributed by atoms with Gasteiger partial charge in [0, 0.05) is 20.9 Å². The smallest absolute Gasteiger partial charge is 0.119 e. The van der Waals surface area contributed by atoms with E-state index in [1.54, 1.807) is 11.8 Å². The van der Waals surface area contributed by atoms with Crippen LogP contribution in [0, 0.1) is 0 Å². The zero-order valence-corrected chi connectivity index (χ0v) is 21.9. The number of unbranched alkanes of at least 4 members (excludes halogenated alkanes) is 12. The first-order valence-electron chi connectivity index (χ1n) is 13.5. The standard InChI is InChI=1S/C30H46O2S/c1-3-5-7-9-11-13-15-19-25-27(31)21-17-23-29(25)33-30-24-18-22-28(32)26(30)20-16-14-12-10-8-6-4-2/h17-18,21-24,31-32H,3-16,19-20H2,1-2H3. The predicted molar refractivity (Wildman–Crippen MR) is 144 cm³/mol. The Bertz CT molecular complexity index is 721. The lowest BCUT2D eigenvalue weighted by Crippen LogP contribution is -1.94. The minimum Gasteiger partial charge on any atom is -0.508 e. The Hall–Kier alpha value is -1.61. The molecule has 0 unspecified atom stereocenters. The zero-order chi connectivity index (χ0) is 23.7. The van der Waals surface area contributed by atoms with Crippen molar-refractivity contribution in [2.45, 2.75) is 126 Å². The summed E-state index contributed by atoms with van der Waals surface area (Å²) in [4.78, 5) is 2.24. The third-order valence-corrected chi connectivity index (χ3v) is 7.70. The lowest BCUT2D eigenvalue weighted by Gasteiger charge is -2.15. The molecule has 0 spiro atoms. The SMILES string of the molecule is CCCCCCCCCc1c(O)cccc1Sc1cccc(O)c1CCCCCCCCC. The van der Waals surface area contributed by atoms with E-state index >= 15 is 0 Å². The van der Waals surface area contributed by atoms with Crippen LogP contribution in [0.1, 0.15) is 115 Å². The summed E-state index contributed by atoms with van der Waals surface area (Å²) in [5.41, 5.74) is 2.11. The Morgan fingerprint density at radius 3 is 1.27 bits per heavy atom. The molecule has 0 atom stereocenters. The van der Waals surface area contributed by atoms with Crippen molar-refractivity contribution < 1.29 is 10.2 Å². The molecule has 33 heavy (non-hydrogen) atoms. The van der Waals surface area contributed by atoms with Gasteiger partial charge in [-0.05, 0) is 49.9 Å². The van der Waals surface area contributed by atoms with Gasteiger partial charge >= 0.3 is 0 Å². The number of rotatable bonds is 18. The normalized spacial score (nSPS) is 11.2. The van der Waals surface area contributed by atoms with Crippen molar-refractivity contribution in [3.8, 4) is 11.5 Å². The second-order valence-electron chi connectivity index (χ2n) is 9.35. The molecule has 184 valence electrons. The molecule has 2 N–H and O–H groups in total. The van der Waals surface area contributed by atoms with E-state index in [4.69, 9.17) is 0 Å². The Morgan fingerprint density at radius 2 is 0.879 bits per heavy atom. The van der Waals surface area contributed by atoms with Gasteiger partial charge in [-0.15, -0.1) is 0 Å². The Kier molecular flexibility index (Phi) is 14.2. The highest BCUT2D eigenvalue weighted by Crippen LogP contribution is 2.39. The minimum absolute atomic E-state index is 0.403. The van der Waals surface area contributed by atoms with E-state index in [0.29, 0.717) is 11.5 Å². The molecule has 2 nitrogen and oxygen atoms in total. The molecular formula is C30H46O2S. The zero-order valence-electron chi connectivity index (χ0n) is 21.1. The van der Waals surface area contributed by atoms with Crippen LogP contribution < -0.4 is 0 Å².